The maximum atomic E-state index is 12.7. The van der Waals surface area contributed by atoms with Crippen molar-refractivity contribution in [2.75, 3.05) is 0 Å². The molecule has 1 atom stereocenters. The highest BCUT2D eigenvalue weighted by molar-refractivity contribution is 6.69. The number of halogens is 6. The van der Waals surface area contributed by atoms with Crippen LogP contribution in [0.3, 0.4) is 0 Å². The van der Waals surface area contributed by atoms with Gasteiger partial charge in [0.1, 0.15) is 0 Å². The van der Waals surface area contributed by atoms with E-state index in [1.165, 1.54) is 0 Å². The van der Waals surface area contributed by atoms with E-state index in [9.17, 15) is 26.3 Å². The maximum Gasteiger partial charge on any atom is 0.457 e. The van der Waals surface area contributed by atoms with E-state index in [0.29, 0.717) is 0 Å². The highest BCUT2D eigenvalue weighted by Crippen LogP contribution is 2.44. The molecule has 15 heavy (non-hydrogen) atoms. The molecule has 0 aromatic rings. The molecule has 0 fully saturated rings. The van der Waals surface area contributed by atoms with Gasteiger partial charge in [-0.05, 0) is 19.6 Å². The topological polar surface area (TPSA) is 29.5 Å². The van der Waals surface area contributed by atoms with E-state index in [2.05, 4.69) is 4.43 Å². The first kappa shape index (κ1) is 14.7. The first-order valence-electron chi connectivity index (χ1n) is 3.77. The summed E-state index contributed by atoms with van der Waals surface area (Å²) in [5.74, 6) is -5.68. The van der Waals surface area contributed by atoms with E-state index in [1.807, 2.05) is 0 Å². The summed E-state index contributed by atoms with van der Waals surface area (Å²) in [6, 6.07) is 0. The van der Waals surface area contributed by atoms with E-state index in [0.717, 1.165) is 19.6 Å². The quantitative estimate of drug-likeness (QED) is 0.621. The number of hydrogen-bond acceptors (Lipinski definition) is 2. The van der Waals surface area contributed by atoms with Crippen LogP contribution in [-0.2, 0) is 4.43 Å². The van der Waals surface area contributed by atoms with Crippen molar-refractivity contribution in [3.05, 3.63) is 0 Å². The molecule has 1 unspecified atom stereocenters. The minimum atomic E-state index is -6.11. The van der Waals surface area contributed by atoms with Gasteiger partial charge in [0, 0.05) is 0 Å². The molecule has 0 aliphatic rings. The number of alkyl halides is 6. The molecule has 2 nitrogen and oxygen atoms in total. The molecule has 0 aromatic heterocycles. The molecule has 0 bridgehead atoms. The van der Waals surface area contributed by atoms with Crippen LogP contribution in [0.15, 0.2) is 0 Å². The summed E-state index contributed by atoms with van der Waals surface area (Å²) < 4.78 is 76.7. The lowest BCUT2D eigenvalue weighted by molar-refractivity contribution is -0.432. The summed E-state index contributed by atoms with van der Waals surface area (Å²) in [5.41, 5.74) is 0. The molecule has 0 aromatic carbocycles. The van der Waals surface area contributed by atoms with Gasteiger partial charge in [0.25, 0.3) is 0 Å². The van der Waals surface area contributed by atoms with E-state index in [4.69, 9.17) is 5.11 Å². The molecule has 0 amide bonds. The van der Waals surface area contributed by atoms with Crippen LogP contribution in [0, 0.1) is 0 Å². The third kappa shape index (κ3) is 3.35. The monoisotopic (exact) mass is 256 g/mol. The third-order valence-corrected chi connectivity index (χ3v) is 2.06. The predicted molar refractivity (Wildman–Crippen MR) is 41.5 cm³/mol. The first-order valence-corrected chi connectivity index (χ1v) is 7.17. The van der Waals surface area contributed by atoms with Crippen LogP contribution in [0.2, 0.25) is 19.6 Å². The van der Waals surface area contributed by atoms with Crippen molar-refractivity contribution in [2.45, 2.75) is 37.8 Å². The zero-order chi connectivity index (χ0) is 12.7. The molecule has 0 aliphatic heterocycles. The second-order valence-corrected chi connectivity index (χ2v) is 8.28. The van der Waals surface area contributed by atoms with Gasteiger partial charge < -0.3 is 9.53 Å². The Kier molecular flexibility index (Phi) is 3.56. The Hall–Kier alpha value is -0.283. The molecule has 0 saturated carbocycles. The maximum absolute atomic E-state index is 12.7. The predicted octanol–water partition coefficient (Wildman–Crippen LogP) is 2.65. The molecule has 0 rings (SSSR count). The Morgan fingerprint density at radius 2 is 1.27 bits per heavy atom. The SMILES string of the molecule is C[Si](C)(C)OC(F)(F)C(O)(F)C(F)(F)F. The van der Waals surface area contributed by atoms with Crippen LogP contribution in [0.5, 0.6) is 0 Å². The van der Waals surface area contributed by atoms with Crippen molar-refractivity contribution < 1.29 is 35.9 Å². The van der Waals surface area contributed by atoms with Crippen LogP contribution in [-0.4, -0.2) is 31.6 Å². The Bertz CT molecular complexity index is 231. The minimum absolute atomic E-state index is 1.13. The third-order valence-electron chi connectivity index (χ3n) is 1.20. The molecule has 1 N–H and O–H groups in total. The van der Waals surface area contributed by atoms with E-state index >= 15 is 0 Å². The van der Waals surface area contributed by atoms with Crippen LogP contribution in [0.1, 0.15) is 0 Å². The minimum Gasteiger partial charge on any atom is -0.358 e. The van der Waals surface area contributed by atoms with Gasteiger partial charge in [0.15, 0.2) is 8.32 Å². The Morgan fingerprint density at radius 1 is 0.933 bits per heavy atom. The normalized spacial score (nSPS) is 18.8. The van der Waals surface area contributed by atoms with Crippen LogP contribution in [0.25, 0.3) is 0 Å². The molecule has 9 heteroatoms. The molecule has 92 valence electrons. The lowest BCUT2D eigenvalue weighted by atomic mass is 10.3. The molecule has 0 spiro atoms. The fourth-order valence-corrected chi connectivity index (χ4v) is 1.52. The Balaban J connectivity index is 5.03. The zero-order valence-corrected chi connectivity index (χ0v) is 9.12. The first-order chi connectivity index (χ1) is 6.21. The highest BCUT2D eigenvalue weighted by atomic mass is 28.4. The van der Waals surface area contributed by atoms with Gasteiger partial charge in [0.05, 0.1) is 0 Å². The summed E-state index contributed by atoms with van der Waals surface area (Å²) in [7, 11) is -3.13. The molecular weight excluding hydrogens is 246 g/mol. The highest BCUT2D eigenvalue weighted by Gasteiger charge is 2.73. The van der Waals surface area contributed by atoms with Gasteiger partial charge in [-0.15, -0.1) is 0 Å². The average Bonchev–Trinajstić information content (AvgIpc) is 1.77. The lowest BCUT2D eigenvalue weighted by Gasteiger charge is -2.33. The summed E-state index contributed by atoms with van der Waals surface area (Å²) in [6.07, 6.45) is -11.4. The van der Waals surface area contributed by atoms with Crippen LogP contribution < -0.4 is 0 Å². The molecule has 0 heterocycles. The lowest BCUT2D eigenvalue weighted by Crippen LogP contribution is -2.59. The van der Waals surface area contributed by atoms with E-state index < -0.39 is 26.5 Å². The largest absolute Gasteiger partial charge is 0.457 e. The van der Waals surface area contributed by atoms with Crippen LogP contribution >= 0.6 is 0 Å². The summed E-state index contributed by atoms with van der Waals surface area (Å²) in [6.45, 7) is 3.40. The molecule has 0 aliphatic carbocycles. The van der Waals surface area contributed by atoms with E-state index in [1.54, 1.807) is 0 Å². The van der Waals surface area contributed by atoms with Gasteiger partial charge >= 0.3 is 18.1 Å². The summed E-state index contributed by atoms with van der Waals surface area (Å²) in [4.78, 5) is 0. The van der Waals surface area contributed by atoms with Gasteiger partial charge in [-0.3, -0.25) is 0 Å². The second kappa shape index (κ2) is 3.63. The fraction of sp³-hybridized carbons (Fsp3) is 1.00. The standard InChI is InChI=1S/C6H10F6O2Si/c1-15(2,3)14-6(11,12)4(7,13)5(8,9)10/h13H,1-3H3. The van der Waals surface area contributed by atoms with Gasteiger partial charge in [-0.1, -0.05) is 0 Å². The van der Waals surface area contributed by atoms with Crippen molar-refractivity contribution in [1.82, 2.24) is 0 Å². The van der Waals surface area contributed by atoms with Crippen molar-refractivity contribution in [3.8, 4) is 0 Å². The molecular formula is C6H10F6O2Si. The number of aliphatic hydroxyl groups is 1. The average molecular weight is 256 g/mol. The van der Waals surface area contributed by atoms with Gasteiger partial charge in [-0.25, -0.2) is 0 Å². The van der Waals surface area contributed by atoms with Crippen molar-refractivity contribution >= 4 is 8.32 Å². The van der Waals surface area contributed by atoms with E-state index in [-0.39, 0.29) is 0 Å². The molecule has 0 radical (unpaired) electrons. The smallest absolute Gasteiger partial charge is 0.358 e. The van der Waals surface area contributed by atoms with Crippen molar-refractivity contribution in [1.29, 1.82) is 0 Å². The van der Waals surface area contributed by atoms with Gasteiger partial charge in [-0.2, -0.15) is 26.3 Å². The second-order valence-electron chi connectivity index (χ2n) is 3.85. The van der Waals surface area contributed by atoms with Crippen molar-refractivity contribution in [3.63, 3.8) is 0 Å². The Labute approximate surface area is 83.0 Å². The number of rotatable bonds is 3. The van der Waals surface area contributed by atoms with Gasteiger partial charge in [0.2, 0.25) is 0 Å². The summed E-state index contributed by atoms with van der Waals surface area (Å²) >= 11 is 0. The number of hydrogen-bond donors (Lipinski definition) is 1. The van der Waals surface area contributed by atoms with Crippen LogP contribution in [0.4, 0.5) is 26.3 Å². The van der Waals surface area contributed by atoms with Crippen molar-refractivity contribution in [2.24, 2.45) is 0 Å². The Morgan fingerprint density at radius 3 is 1.47 bits per heavy atom. The zero-order valence-electron chi connectivity index (χ0n) is 8.12. The molecule has 0 saturated heterocycles. The summed E-state index contributed by atoms with van der Waals surface area (Å²) in [5, 5.41) is 8.10. The fourth-order valence-electron chi connectivity index (χ4n) is 0.617.